The maximum absolute atomic E-state index is 12.6. The zero-order valence-corrected chi connectivity index (χ0v) is 15.7. The van der Waals surface area contributed by atoms with Gasteiger partial charge < -0.3 is 21.3 Å². The van der Waals surface area contributed by atoms with Crippen LogP contribution < -0.4 is 16.4 Å². The number of nitrogens with zero attached hydrogens (tertiary/aromatic N) is 1. The molecule has 0 spiro atoms. The van der Waals surface area contributed by atoms with E-state index in [1.807, 2.05) is 24.3 Å². The summed E-state index contributed by atoms with van der Waals surface area (Å²) in [5.74, 6) is 1.23. The lowest BCUT2D eigenvalue weighted by Gasteiger charge is -2.43. The minimum atomic E-state index is -0.170. The minimum Gasteiger partial charge on any atom is -0.352 e. The molecule has 1 aromatic carbocycles. The van der Waals surface area contributed by atoms with Crippen molar-refractivity contribution in [2.45, 2.75) is 44.7 Å². The van der Waals surface area contributed by atoms with E-state index in [4.69, 9.17) is 5.73 Å². The number of carbonyl (C=O) groups excluding carboxylic acids is 2. The van der Waals surface area contributed by atoms with E-state index in [2.05, 4.69) is 10.6 Å². The van der Waals surface area contributed by atoms with E-state index in [1.54, 1.807) is 14.1 Å². The third-order valence-corrected chi connectivity index (χ3v) is 5.83. The first-order valence-corrected chi connectivity index (χ1v) is 9.54. The average Bonchev–Trinajstić information content (AvgIpc) is 2.59. The molecule has 2 unspecified atom stereocenters. The third kappa shape index (κ3) is 4.36. The molecule has 4 N–H and O–H groups in total. The van der Waals surface area contributed by atoms with Crippen LogP contribution in [0.5, 0.6) is 0 Å². The van der Waals surface area contributed by atoms with Crippen LogP contribution >= 0.6 is 0 Å². The molecule has 0 aliphatic heterocycles. The summed E-state index contributed by atoms with van der Waals surface area (Å²) < 4.78 is 0. The highest BCUT2D eigenvalue weighted by atomic mass is 16.2. The van der Waals surface area contributed by atoms with Gasteiger partial charge in [0.05, 0.1) is 0 Å². The zero-order chi connectivity index (χ0) is 18.7. The molecule has 2 atom stereocenters. The Kier molecular flexibility index (Phi) is 5.81. The first-order chi connectivity index (χ1) is 12.4. The summed E-state index contributed by atoms with van der Waals surface area (Å²) in [5, 5.41) is 5.90. The van der Waals surface area contributed by atoms with Gasteiger partial charge in [-0.1, -0.05) is 18.6 Å². The van der Waals surface area contributed by atoms with Crippen molar-refractivity contribution in [3.63, 3.8) is 0 Å². The van der Waals surface area contributed by atoms with Crippen LogP contribution in [0.3, 0.4) is 0 Å². The van der Waals surface area contributed by atoms with Crippen molar-refractivity contribution in [1.29, 1.82) is 0 Å². The van der Waals surface area contributed by atoms with E-state index in [1.165, 1.54) is 11.3 Å². The topological polar surface area (TPSA) is 87.5 Å². The molecule has 3 rings (SSSR count). The predicted octanol–water partition coefficient (Wildman–Crippen LogP) is 2.55. The van der Waals surface area contributed by atoms with Gasteiger partial charge in [0.15, 0.2) is 0 Å². The Labute approximate surface area is 155 Å². The fourth-order valence-electron chi connectivity index (χ4n) is 4.33. The van der Waals surface area contributed by atoms with Crippen LogP contribution in [-0.2, 0) is 11.3 Å². The second-order valence-electron chi connectivity index (χ2n) is 7.94. The number of urea groups is 1. The number of carbonyl (C=O) groups is 2. The first kappa shape index (κ1) is 18.7. The Morgan fingerprint density at radius 3 is 2.54 bits per heavy atom. The van der Waals surface area contributed by atoms with E-state index in [0.717, 1.165) is 36.9 Å². The number of nitrogens with two attached hydrogens (primary N) is 1. The molecule has 2 aliphatic carbocycles. The number of rotatable bonds is 4. The summed E-state index contributed by atoms with van der Waals surface area (Å²) in [6.45, 7) is 0.475. The number of anilines is 1. The molecule has 1 aromatic rings. The van der Waals surface area contributed by atoms with E-state index in [9.17, 15) is 9.59 Å². The largest absolute Gasteiger partial charge is 0.352 e. The summed E-state index contributed by atoms with van der Waals surface area (Å²) in [4.78, 5) is 25.9. The van der Waals surface area contributed by atoms with E-state index < -0.39 is 0 Å². The Bertz CT molecular complexity index is 647. The highest BCUT2D eigenvalue weighted by Crippen LogP contribution is 2.41. The summed E-state index contributed by atoms with van der Waals surface area (Å²) in [6, 6.07) is 7.69. The second kappa shape index (κ2) is 8.08. The molecule has 2 fully saturated rings. The fourth-order valence-corrected chi connectivity index (χ4v) is 4.33. The minimum absolute atomic E-state index is 0.0849. The Morgan fingerprint density at radius 1 is 1.19 bits per heavy atom. The van der Waals surface area contributed by atoms with Crippen LogP contribution in [0.25, 0.3) is 0 Å². The van der Waals surface area contributed by atoms with Gasteiger partial charge in [0, 0.05) is 38.3 Å². The standard InChI is InChI=1S/C20H30N4O2/c1-24(2)20(26)23-17-8-3-5-13(9-17)12-22-19(25)16-10-14-6-4-7-15(11-16)18(14)21/h3,5,8-9,14-16,18H,4,6-7,10-12,21H2,1-2H3,(H,22,25)(H,23,26). The summed E-state index contributed by atoms with van der Waals surface area (Å²) in [5.41, 5.74) is 8.02. The van der Waals surface area contributed by atoms with Crippen molar-refractivity contribution in [2.24, 2.45) is 23.5 Å². The van der Waals surface area contributed by atoms with Crippen LogP contribution in [0.4, 0.5) is 10.5 Å². The molecule has 26 heavy (non-hydrogen) atoms. The van der Waals surface area contributed by atoms with E-state index in [-0.39, 0.29) is 23.9 Å². The van der Waals surface area contributed by atoms with Gasteiger partial charge in [0.2, 0.25) is 5.91 Å². The van der Waals surface area contributed by atoms with Crippen LogP contribution in [0.15, 0.2) is 24.3 Å². The lowest BCUT2D eigenvalue weighted by Crippen LogP contribution is -2.49. The maximum atomic E-state index is 12.6. The molecular formula is C20H30N4O2. The van der Waals surface area contributed by atoms with Crippen molar-refractivity contribution < 1.29 is 9.59 Å². The monoisotopic (exact) mass is 358 g/mol. The van der Waals surface area contributed by atoms with Crippen LogP contribution in [0.1, 0.15) is 37.7 Å². The van der Waals surface area contributed by atoms with E-state index in [0.29, 0.717) is 18.4 Å². The van der Waals surface area contributed by atoms with Crippen LogP contribution in [0, 0.1) is 17.8 Å². The van der Waals surface area contributed by atoms with Gasteiger partial charge in [-0.3, -0.25) is 4.79 Å². The number of amides is 3. The Hall–Kier alpha value is -2.08. The molecule has 2 bridgehead atoms. The van der Waals surface area contributed by atoms with Crippen molar-refractivity contribution >= 4 is 17.6 Å². The highest BCUT2D eigenvalue weighted by molar-refractivity contribution is 5.89. The number of hydrogen-bond acceptors (Lipinski definition) is 3. The zero-order valence-electron chi connectivity index (χ0n) is 15.7. The summed E-state index contributed by atoms with van der Waals surface area (Å²) in [7, 11) is 3.40. The molecule has 3 amide bonds. The first-order valence-electron chi connectivity index (χ1n) is 9.54. The molecule has 6 heteroatoms. The van der Waals surface area contributed by atoms with Gasteiger partial charge in [-0.2, -0.15) is 0 Å². The van der Waals surface area contributed by atoms with Gasteiger partial charge in [-0.25, -0.2) is 4.79 Å². The normalized spacial score (nSPS) is 27.5. The molecular weight excluding hydrogens is 328 g/mol. The quantitative estimate of drug-likeness (QED) is 0.773. The Balaban J connectivity index is 1.54. The third-order valence-electron chi connectivity index (χ3n) is 5.83. The van der Waals surface area contributed by atoms with Gasteiger partial charge >= 0.3 is 6.03 Å². The maximum Gasteiger partial charge on any atom is 0.321 e. The molecule has 0 radical (unpaired) electrons. The number of hydrogen-bond donors (Lipinski definition) is 3. The summed E-state index contributed by atoms with van der Waals surface area (Å²) in [6.07, 6.45) is 5.41. The lowest BCUT2D eigenvalue weighted by atomic mass is 9.65. The molecule has 142 valence electrons. The van der Waals surface area contributed by atoms with E-state index >= 15 is 0 Å². The smallest absolute Gasteiger partial charge is 0.321 e. The molecule has 0 heterocycles. The second-order valence-corrected chi connectivity index (χ2v) is 7.94. The molecule has 0 aromatic heterocycles. The number of benzene rings is 1. The van der Waals surface area contributed by atoms with Crippen molar-refractivity contribution in [1.82, 2.24) is 10.2 Å². The van der Waals surface area contributed by atoms with Gasteiger partial charge in [-0.15, -0.1) is 0 Å². The fraction of sp³-hybridized carbons (Fsp3) is 0.600. The highest BCUT2D eigenvalue weighted by Gasteiger charge is 2.40. The van der Waals surface area contributed by atoms with Gasteiger partial charge in [0.1, 0.15) is 0 Å². The predicted molar refractivity (Wildman–Crippen MR) is 103 cm³/mol. The average molecular weight is 358 g/mol. The SMILES string of the molecule is CN(C)C(=O)Nc1cccc(CNC(=O)C2CC3CCCC(C2)C3N)c1. The number of fused-ring (bicyclic) bond motifs is 2. The molecule has 6 nitrogen and oxygen atoms in total. The van der Waals surface area contributed by atoms with Crippen LogP contribution in [-0.4, -0.2) is 37.0 Å². The summed E-state index contributed by atoms with van der Waals surface area (Å²) >= 11 is 0. The molecule has 2 aliphatic rings. The lowest BCUT2D eigenvalue weighted by molar-refractivity contribution is -0.128. The molecule has 2 saturated carbocycles. The Morgan fingerprint density at radius 2 is 1.88 bits per heavy atom. The van der Waals surface area contributed by atoms with Crippen molar-refractivity contribution in [3.8, 4) is 0 Å². The van der Waals surface area contributed by atoms with Gasteiger partial charge in [0.25, 0.3) is 0 Å². The molecule has 0 saturated heterocycles. The van der Waals surface area contributed by atoms with Crippen molar-refractivity contribution in [3.05, 3.63) is 29.8 Å². The van der Waals surface area contributed by atoms with Crippen molar-refractivity contribution in [2.75, 3.05) is 19.4 Å². The number of nitrogens with one attached hydrogen (secondary N) is 2. The van der Waals surface area contributed by atoms with Crippen LogP contribution in [0.2, 0.25) is 0 Å². The van der Waals surface area contributed by atoms with Gasteiger partial charge in [-0.05, 0) is 55.2 Å².